The summed E-state index contributed by atoms with van der Waals surface area (Å²) in [5, 5.41) is 2.48. The first-order chi connectivity index (χ1) is 4.57. The number of rotatable bonds is 3. The summed E-state index contributed by atoms with van der Waals surface area (Å²) in [4.78, 5) is 12.7. The van der Waals surface area contributed by atoms with Crippen LogP contribution in [0, 0.1) is 0 Å². The van der Waals surface area contributed by atoms with Crippen LogP contribution >= 0.6 is 0 Å². The highest BCUT2D eigenvalue weighted by Crippen LogP contribution is 1.81. The van der Waals surface area contributed by atoms with Crippen LogP contribution in [0.2, 0.25) is 0 Å². The van der Waals surface area contributed by atoms with Gasteiger partial charge in [-0.25, -0.2) is 0 Å². The molecule has 0 saturated carbocycles. The van der Waals surface area contributed by atoms with E-state index in [1.54, 1.807) is 7.05 Å². The molecule has 0 aliphatic carbocycles. The van der Waals surface area contributed by atoms with E-state index in [0.717, 1.165) is 0 Å². The molecule has 0 aromatic heterocycles. The number of likely N-dealkylation sites (N-methyl/N-ethyl adjacent to an activating group) is 2. The van der Waals surface area contributed by atoms with Crippen molar-refractivity contribution in [2.45, 2.75) is 6.04 Å². The van der Waals surface area contributed by atoms with E-state index in [4.69, 9.17) is 5.73 Å². The van der Waals surface area contributed by atoms with Crippen LogP contribution in [0.4, 0.5) is 0 Å². The molecule has 0 radical (unpaired) electrons. The second-order valence-electron chi connectivity index (χ2n) is 2.48. The fourth-order valence-corrected chi connectivity index (χ4v) is 0.662. The molecular weight excluding hydrogens is 130 g/mol. The van der Waals surface area contributed by atoms with Crippen LogP contribution in [0.3, 0.4) is 0 Å². The summed E-state index contributed by atoms with van der Waals surface area (Å²) in [5.74, 6) is -0.117. The zero-order chi connectivity index (χ0) is 8.15. The van der Waals surface area contributed by atoms with Crippen LogP contribution in [-0.2, 0) is 4.79 Å². The topological polar surface area (TPSA) is 58.4 Å². The SMILES string of the molecule is CNC(=O)C(N)CN(C)C. The lowest BCUT2D eigenvalue weighted by molar-refractivity contribution is -0.122. The van der Waals surface area contributed by atoms with Gasteiger partial charge in [0.25, 0.3) is 0 Å². The lowest BCUT2D eigenvalue weighted by Crippen LogP contribution is -2.45. The molecule has 1 amide bonds. The normalized spacial score (nSPS) is 13.3. The van der Waals surface area contributed by atoms with E-state index in [1.807, 2.05) is 19.0 Å². The summed E-state index contributed by atoms with van der Waals surface area (Å²) in [6.07, 6.45) is 0. The molecule has 0 heterocycles. The number of carbonyl (C=O) groups excluding carboxylic acids is 1. The third kappa shape index (κ3) is 3.42. The maximum absolute atomic E-state index is 10.8. The molecule has 3 N–H and O–H groups in total. The fourth-order valence-electron chi connectivity index (χ4n) is 0.662. The van der Waals surface area contributed by atoms with Crippen molar-refractivity contribution >= 4 is 5.91 Å². The molecule has 0 aromatic rings. The Labute approximate surface area is 61.4 Å². The number of hydrogen-bond acceptors (Lipinski definition) is 3. The molecule has 0 rings (SSSR count). The van der Waals surface area contributed by atoms with E-state index < -0.39 is 6.04 Å². The highest BCUT2D eigenvalue weighted by molar-refractivity contribution is 5.81. The van der Waals surface area contributed by atoms with Crippen molar-refractivity contribution < 1.29 is 4.79 Å². The lowest BCUT2D eigenvalue weighted by atomic mass is 10.3. The van der Waals surface area contributed by atoms with Gasteiger partial charge in [0.05, 0.1) is 6.04 Å². The highest BCUT2D eigenvalue weighted by atomic mass is 16.2. The lowest BCUT2D eigenvalue weighted by Gasteiger charge is -2.14. The van der Waals surface area contributed by atoms with Crippen molar-refractivity contribution in [1.29, 1.82) is 0 Å². The number of nitrogens with zero attached hydrogens (tertiary/aromatic N) is 1. The minimum atomic E-state index is -0.417. The number of amides is 1. The first-order valence-corrected chi connectivity index (χ1v) is 3.20. The van der Waals surface area contributed by atoms with Crippen LogP contribution in [0.5, 0.6) is 0 Å². The number of hydrogen-bond donors (Lipinski definition) is 2. The summed E-state index contributed by atoms with van der Waals surface area (Å²) in [5.41, 5.74) is 5.47. The molecule has 4 heteroatoms. The predicted molar refractivity (Wildman–Crippen MR) is 40.6 cm³/mol. The second-order valence-corrected chi connectivity index (χ2v) is 2.48. The van der Waals surface area contributed by atoms with Crippen molar-refractivity contribution in [3.05, 3.63) is 0 Å². The van der Waals surface area contributed by atoms with E-state index in [9.17, 15) is 4.79 Å². The second kappa shape index (κ2) is 4.24. The average molecular weight is 145 g/mol. The van der Waals surface area contributed by atoms with E-state index in [1.165, 1.54) is 0 Å². The van der Waals surface area contributed by atoms with Crippen molar-refractivity contribution in [3.8, 4) is 0 Å². The molecular formula is C6H15N3O. The Morgan fingerprint density at radius 3 is 2.50 bits per heavy atom. The predicted octanol–water partition coefficient (Wildman–Crippen LogP) is -1.38. The van der Waals surface area contributed by atoms with Gasteiger partial charge in [0, 0.05) is 13.6 Å². The molecule has 0 aromatic carbocycles. The molecule has 60 valence electrons. The van der Waals surface area contributed by atoms with Crippen molar-refractivity contribution in [2.24, 2.45) is 5.73 Å². The molecule has 0 saturated heterocycles. The Hall–Kier alpha value is -0.610. The van der Waals surface area contributed by atoms with Crippen LogP contribution in [-0.4, -0.2) is 44.5 Å². The molecule has 0 bridgehead atoms. The quantitative estimate of drug-likeness (QED) is 0.514. The van der Waals surface area contributed by atoms with Gasteiger partial charge in [-0.05, 0) is 14.1 Å². The molecule has 1 unspecified atom stereocenters. The molecule has 0 aliphatic rings. The summed E-state index contributed by atoms with van der Waals surface area (Å²) in [7, 11) is 5.34. The van der Waals surface area contributed by atoms with Crippen molar-refractivity contribution in [1.82, 2.24) is 10.2 Å². The van der Waals surface area contributed by atoms with Crippen LogP contribution in [0.1, 0.15) is 0 Å². The van der Waals surface area contributed by atoms with Crippen LogP contribution in [0.25, 0.3) is 0 Å². The van der Waals surface area contributed by atoms with Crippen molar-refractivity contribution in [2.75, 3.05) is 27.7 Å². The average Bonchev–Trinajstić information content (AvgIpc) is 1.85. The minimum Gasteiger partial charge on any atom is -0.358 e. The van der Waals surface area contributed by atoms with Gasteiger partial charge in [-0.1, -0.05) is 0 Å². The molecule has 1 atom stereocenters. The molecule has 10 heavy (non-hydrogen) atoms. The summed E-state index contributed by atoms with van der Waals surface area (Å²) >= 11 is 0. The third-order valence-corrected chi connectivity index (χ3v) is 1.15. The zero-order valence-electron chi connectivity index (χ0n) is 6.72. The van der Waals surface area contributed by atoms with Gasteiger partial charge in [0.15, 0.2) is 0 Å². The summed E-state index contributed by atoms with van der Waals surface area (Å²) < 4.78 is 0. The molecule has 0 fully saturated rings. The van der Waals surface area contributed by atoms with E-state index in [2.05, 4.69) is 5.32 Å². The summed E-state index contributed by atoms with van der Waals surface area (Å²) in [6, 6.07) is -0.417. The van der Waals surface area contributed by atoms with Gasteiger partial charge >= 0.3 is 0 Å². The van der Waals surface area contributed by atoms with Gasteiger partial charge in [0.1, 0.15) is 0 Å². The Morgan fingerprint density at radius 1 is 1.70 bits per heavy atom. The van der Waals surface area contributed by atoms with E-state index in [-0.39, 0.29) is 5.91 Å². The monoisotopic (exact) mass is 145 g/mol. The Balaban J connectivity index is 3.61. The first-order valence-electron chi connectivity index (χ1n) is 3.20. The molecule has 0 spiro atoms. The Morgan fingerprint density at radius 2 is 2.20 bits per heavy atom. The maximum Gasteiger partial charge on any atom is 0.237 e. The number of carbonyl (C=O) groups is 1. The van der Waals surface area contributed by atoms with Gasteiger partial charge in [-0.3, -0.25) is 4.79 Å². The smallest absolute Gasteiger partial charge is 0.237 e. The first kappa shape index (κ1) is 9.39. The minimum absolute atomic E-state index is 0.117. The Kier molecular flexibility index (Phi) is 3.99. The largest absolute Gasteiger partial charge is 0.358 e. The van der Waals surface area contributed by atoms with Gasteiger partial charge < -0.3 is 16.0 Å². The number of nitrogens with one attached hydrogen (secondary N) is 1. The highest BCUT2D eigenvalue weighted by Gasteiger charge is 2.10. The van der Waals surface area contributed by atoms with Gasteiger partial charge in [-0.2, -0.15) is 0 Å². The van der Waals surface area contributed by atoms with Crippen LogP contribution < -0.4 is 11.1 Å². The van der Waals surface area contributed by atoms with Gasteiger partial charge in [0.2, 0.25) is 5.91 Å². The zero-order valence-corrected chi connectivity index (χ0v) is 6.72. The van der Waals surface area contributed by atoms with Gasteiger partial charge in [-0.15, -0.1) is 0 Å². The third-order valence-electron chi connectivity index (χ3n) is 1.15. The van der Waals surface area contributed by atoms with E-state index >= 15 is 0 Å². The van der Waals surface area contributed by atoms with E-state index in [0.29, 0.717) is 6.54 Å². The van der Waals surface area contributed by atoms with Crippen molar-refractivity contribution in [3.63, 3.8) is 0 Å². The van der Waals surface area contributed by atoms with Crippen LogP contribution in [0.15, 0.2) is 0 Å². The standard InChI is InChI=1S/C6H15N3O/c1-8-6(10)5(7)4-9(2)3/h5H,4,7H2,1-3H3,(H,8,10). The molecule has 0 aliphatic heterocycles. The maximum atomic E-state index is 10.8. The Bertz CT molecular complexity index is 114. The summed E-state index contributed by atoms with van der Waals surface area (Å²) in [6.45, 7) is 0.583. The molecule has 4 nitrogen and oxygen atoms in total. The fraction of sp³-hybridized carbons (Fsp3) is 0.833. The number of nitrogens with two attached hydrogens (primary N) is 1.